The van der Waals surface area contributed by atoms with Crippen molar-refractivity contribution in [2.45, 2.75) is 45.1 Å². The van der Waals surface area contributed by atoms with Crippen LogP contribution in [0, 0.1) is 11.8 Å². The van der Waals surface area contributed by atoms with Crippen LogP contribution in [0.2, 0.25) is 0 Å². The topological polar surface area (TPSA) is 78.5 Å². The summed E-state index contributed by atoms with van der Waals surface area (Å²) in [5, 5.41) is 6.30. The molecule has 2 aromatic rings. The van der Waals surface area contributed by atoms with Gasteiger partial charge in [0.25, 0.3) is 10.9 Å². The monoisotopic (exact) mass is 395 g/mol. The highest BCUT2D eigenvalue weighted by Crippen LogP contribution is 2.30. The van der Waals surface area contributed by atoms with Crippen LogP contribution in [0.4, 0.5) is 11.4 Å². The van der Waals surface area contributed by atoms with Crippen molar-refractivity contribution in [3.8, 4) is 0 Å². The molecule has 0 radical (unpaired) electrons. The van der Waals surface area contributed by atoms with E-state index in [-0.39, 0.29) is 22.7 Å². The van der Waals surface area contributed by atoms with Gasteiger partial charge < -0.3 is 15.5 Å². The Morgan fingerprint density at radius 3 is 2.34 bits per heavy atom. The number of nitrogens with zero attached hydrogens (tertiary/aromatic N) is 1. The quantitative estimate of drug-likeness (QED) is 0.704. The van der Waals surface area contributed by atoms with Gasteiger partial charge in [0.2, 0.25) is 5.91 Å². The van der Waals surface area contributed by atoms with Gasteiger partial charge in [0.15, 0.2) is 0 Å². The van der Waals surface area contributed by atoms with Crippen LogP contribution < -0.4 is 26.4 Å². The second-order valence-corrected chi connectivity index (χ2v) is 8.38. The Bertz CT molecular complexity index is 903. The second kappa shape index (κ2) is 8.80. The Labute approximate surface area is 171 Å². The maximum atomic E-state index is 12.4. The molecule has 4 rings (SSSR count). The van der Waals surface area contributed by atoms with Gasteiger partial charge in [0.05, 0.1) is 0 Å². The zero-order valence-corrected chi connectivity index (χ0v) is 16.8. The average Bonchev–Trinajstić information content (AvgIpc) is 3.29. The van der Waals surface area contributed by atoms with E-state index in [0.717, 1.165) is 57.2 Å². The van der Waals surface area contributed by atoms with Crippen molar-refractivity contribution >= 4 is 17.3 Å². The van der Waals surface area contributed by atoms with Crippen molar-refractivity contribution in [3.05, 3.63) is 56.3 Å². The second-order valence-electron chi connectivity index (χ2n) is 8.38. The van der Waals surface area contributed by atoms with Crippen molar-refractivity contribution < 1.29 is 4.79 Å². The van der Waals surface area contributed by atoms with Gasteiger partial charge in [0.1, 0.15) is 11.4 Å². The van der Waals surface area contributed by atoms with Crippen molar-refractivity contribution in [2.24, 2.45) is 11.8 Å². The summed E-state index contributed by atoms with van der Waals surface area (Å²) in [6.45, 7) is 3.00. The lowest BCUT2D eigenvalue weighted by Crippen LogP contribution is -2.42. The number of benzene rings is 1. The molecule has 1 amide bonds. The van der Waals surface area contributed by atoms with E-state index in [4.69, 9.17) is 0 Å². The Morgan fingerprint density at radius 2 is 1.66 bits per heavy atom. The summed E-state index contributed by atoms with van der Waals surface area (Å²) in [5.74, 6) is 0.643. The van der Waals surface area contributed by atoms with Gasteiger partial charge in [-0.25, -0.2) is 0 Å². The normalized spacial score (nSPS) is 22.0. The first-order valence-corrected chi connectivity index (χ1v) is 10.8. The van der Waals surface area contributed by atoms with E-state index in [2.05, 4.69) is 10.6 Å². The van der Waals surface area contributed by atoms with Crippen LogP contribution in [-0.4, -0.2) is 25.5 Å². The molecule has 0 atom stereocenters. The van der Waals surface area contributed by atoms with Crippen LogP contribution in [0.1, 0.15) is 44.1 Å². The number of anilines is 2. The maximum absolute atomic E-state index is 12.4. The summed E-state index contributed by atoms with van der Waals surface area (Å²) in [7, 11) is 0. The Balaban J connectivity index is 1.22. The van der Waals surface area contributed by atoms with Gasteiger partial charge in [-0.05, 0) is 50.0 Å². The fraction of sp³-hybridized carbons (Fsp3) is 0.522. The van der Waals surface area contributed by atoms with Crippen LogP contribution in [0.25, 0.3) is 0 Å². The fourth-order valence-electron chi connectivity index (χ4n) is 4.59. The lowest BCUT2D eigenvalue weighted by molar-refractivity contribution is -0.126. The zero-order chi connectivity index (χ0) is 20.2. The Kier molecular flexibility index (Phi) is 5.97. The smallest absolute Gasteiger partial charge is 0.253 e. The first kappa shape index (κ1) is 19.7. The molecule has 1 heterocycles. The minimum absolute atomic E-state index is 0.0706. The third-order valence-corrected chi connectivity index (χ3v) is 6.40. The van der Waals surface area contributed by atoms with Gasteiger partial charge in [0, 0.05) is 32.1 Å². The predicted molar refractivity (Wildman–Crippen MR) is 115 cm³/mol. The first-order valence-electron chi connectivity index (χ1n) is 10.8. The van der Waals surface area contributed by atoms with Crippen molar-refractivity contribution in [2.75, 3.05) is 29.9 Å². The molecule has 2 aromatic carbocycles. The molecule has 1 saturated carbocycles. The largest absolute Gasteiger partial charge is 0.380 e. The maximum Gasteiger partial charge on any atom is 0.253 e. The third-order valence-electron chi connectivity index (χ3n) is 6.40. The van der Waals surface area contributed by atoms with E-state index in [1.54, 1.807) is 0 Å². The average molecular weight is 396 g/mol. The number of carbonyl (C=O) groups is 1. The molecular weight excluding hydrogens is 366 g/mol. The highest BCUT2D eigenvalue weighted by Gasteiger charge is 2.30. The van der Waals surface area contributed by atoms with Crippen molar-refractivity contribution in [1.29, 1.82) is 0 Å². The summed E-state index contributed by atoms with van der Waals surface area (Å²) in [5.41, 5.74) is 1.51. The van der Waals surface area contributed by atoms with Crippen LogP contribution in [0.3, 0.4) is 0 Å². The first-order chi connectivity index (χ1) is 14.1. The van der Waals surface area contributed by atoms with Crippen LogP contribution in [0.5, 0.6) is 0 Å². The van der Waals surface area contributed by atoms with Crippen molar-refractivity contribution in [3.63, 3.8) is 0 Å². The van der Waals surface area contributed by atoms with Crippen LogP contribution in [0.15, 0.2) is 39.9 Å². The third kappa shape index (κ3) is 4.36. The standard InChI is InChI=1S/C23H29N3O3/c27-21-19(20(22(21)28)26-12-4-5-13-26)24-14-17-8-10-18(11-9-17)23(29)25-15-16-6-2-1-3-7-16/h1-3,6-7,17-18,24H,4-5,8-15H2,(H,25,29). The number of nitrogens with one attached hydrogen (secondary N) is 2. The number of amides is 1. The Hall–Kier alpha value is -2.63. The molecule has 6 heteroatoms. The zero-order valence-electron chi connectivity index (χ0n) is 16.8. The molecule has 1 aliphatic heterocycles. The van der Waals surface area contributed by atoms with E-state index in [1.165, 1.54) is 0 Å². The molecule has 0 bridgehead atoms. The summed E-state index contributed by atoms with van der Waals surface area (Å²) < 4.78 is 0. The summed E-state index contributed by atoms with van der Waals surface area (Å²) in [6.07, 6.45) is 5.83. The molecule has 0 unspecified atom stereocenters. The van der Waals surface area contributed by atoms with Crippen molar-refractivity contribution in [1.82, 2.24) is 5.32 Å². The van der Waals surface area contributed by atoms with Gasteiger partial charge >= 0.3 is 0 Å². The Morgan fingerprint density at radius 1 is 0.966 bits per heavy atom. The molecule has 29 heavy (non-hydrogen) atoms. The van der Waals surface area contributed by atoms with Crippen LogP contribution in [-0.2, 0) is 11.3 Å². The molecule has 6 nitrogen and oxygen atoms in total. The van der Waals surface area contributed by atoms with E-state index in [9.17, 15) is 14.4 Å². The molecule has 2 aliphatic rings. The highest BCUT2D eigenvalue weighted by atomic mass is 16.2. The molecule has 154 valence electrons. The number of rotatable bonds is 7. The van der Waals surface area contributed by atoms with E-state index >= 15 is 0 Å². The summed E-state index contributed by atoms with van der Waals surface area (Å²) in [4.78, 5) is 38.4. The number of hydrogen-bond acceptors (Lipinski definition) is 5. The SMILES string of the molecule is O=C(NCc1ccccc1)C1CCC(CNc2c(N3CCCC3)c(=O)c2=O)CC1. The molecule has 2 fully saturated rings. The fourth-order valence-corrected chi connectivity index (χ4v) is 4.59. The molecule has 2 N–H and O–H groups in total. The minimum Gasteiger partial charge on any atom is -0.380 e. The predicted octanol–water partition coefficient (Wildman–Crippen LogP) is 2.42. The number of carbonyl (C=O) groups excluding carboxylic acids is 1. The molecule has 0 aromatic heterocycles. The lowest BCUT2D eigenvalue weighted by Gasteiger charge is -2.29. The molecular formula is C23H29N3O3. The van der Waals surface area contributed by atoms with E-state index in [0.29, 0.717) is 30.4 Å². The molecule has 1 saturated heterocycles. The van der Waals surface area contributed by atoms with Gasteiger partial charge in [-0.1, -0.05) is 30.3 Å². The summed E-state index contributed by atoms with van der Waals surface area (Å²) in [6, 6.07) is 9.95. The highest BCUT2D eigenvalue weighted by molar-refractivity contribution is 5.78. The molecule has 0 spiro atoms. The van der Waals surface area contributed by atoms with Gasteiger partial charge in [-0.2, -0.15) is 0 Å². The van der Waals surface area contributed by atoms with E-state index < -0.39 is 0 Å². The summed E-state index contributed by atoms with van der Waals surface area (Å²) >= 11 is 0. The van der Waals surface area contributed by atoms with Crippen LogP contribution >= 0.6 is 0 Å². The van der Waals surface area contributed by atoms with E-state index in [1.807, 2.05) is 35.2 Å². The minimum atomic E-state index is -0.374. The van der Waals surface area contributed by atoms with Gasteiger partial charge in [-0.3, -0.25) is 14.4 Å². The lowest BCUT2D eigenvalue weighted by atomic mass is 9.81. The molecule has 1 aliphatic carbocycles. The number of hydrogen-bond donors (Lipinski definition) is 2. The van der Waals surface area contributed by atoms with Gasteiger partial charge in [-0.15, -0.1) is 0 Å².